The van der Waals surface area contributed by atoms with Crippen LogP contribution in [-0.4, -0.2) is 29.1 Å². The van der Waals surface area contributed by atoms with Crippen LogP contribution >= 0.6 is 11.8 Å². The molecule has 0 aliphatic carbocycles. The van der Waals surface area contributed by atoms with Crippen LogP contribution in [0, 0.1) is 10.1 Å². The van der Waals surface area contributed by atoms with Crippen LogP contribution in [0.4, 0.5) is 17.1 Å². The summed E-state index contributed by atoms with van der Waals surface area (Å²) in [5.74, 6) is 0.0829. The summed E-state index contributed by atoms with van der Waals surface area (Å²) < 4.78 is 5.15. The number of anilines is 2. The zero-order valence-corrected chi connectivity index (χ0v) is 18.2. The summed E-state index contributed by atoms with van der Waals surface area (Å²) in [4.78, 5) is 36.1. The highest BCUT2D eigenvalue weighted by Gasteiger charge is 2.16. The van der Waals surface area contributed by atoms with E-state index in [1.165, 1.54) is 43.1 Å². The van der Waals surface area contributed by atoms with Gasteiger partial charge in [-0.2, -0.15) is 0 Å². The Bertz CT molecular complexity index is 1130. The first-order valence-corrected chi connectivity index (χ1v) is 10.5. The number of carbonyl (C=O) groups excluding carboxylic acids is 2. The zero-order chi connectivity index (χ0) is 23.1. The molecular weight excluding hydrogens is 430 g/mol. The highest BCUT2D eigenvalue weighted by atomic mass is 32.2. The fourth-order valence-electron chi connectivity index (χ4n) is 2.78. The van der Waals surface area contributed by atoms with Gasteiger partial charge in [0.15, 0.2) is 0 Å². The number of carbonyl (C=O) groups is 2. The number of nitrogens with zero attached hydrogens (tertiary/aromatic N) is 1. The van der Waals surface area contributed by atoms with E-state index < -0.39 is 10.2 Å². The van der Waals surface area contributed by atoms with E-state index >= 15 is 0 Å². The average Bonchev–Trinajstić information content (AvgIpc) is 2.79. The van der Waals surface area contributed by atoms with Crippen molar-refractivity contribution < 1.29 is 19.2 Å². The molecule has 0 aliphatic heterocycles. The standard InChI is InChI=1S/C23H21N3O5S/c1-15(22(27)24-17-9-11-19(12-10-17)26(29)30)32-21-8-4-6-18(14-21)25-23(28)16-5-3-7-20(13-16)31-2/h3-15H,1-2H3,(H,24,27)(H,25,28). The number of ether oxygens (including phenoxy) is 1. The third-order valence-corrected chi connectivity index (χ3v) is 5.55. The summed E-state index contributed by atoms with van der Waals surface area (Å²) in [6.07, 6.45) is 0. The molecule has 3 aromatic rings. The number of non-ortho nitro benzene ring substituents is 1. The predicted octanol–water partition coefficient (Wildman–Crippen LogP) is 4.98. The number of nitro benzene ring substituents is 1. The van der Waals surface area contributed by atoms with Crippen molar-refractivity contribution in [1.82, 2.24) is 0 Å². The molecule has 164 valence electrons. The number of hydrogen-bond donors (Lipinski definition) is 2. The van der Waals surface area contributed by atoms with Gasteiger partial charge in [-0.3, -0.25) is 19.7 Å². The SMILES string of the molecule is COc1cccc(C(=O)Nc2cccc(SC(C)C(=O)Nc3ccc([N+](=O)[O-])cc3)c2)c1. The summed E-state index contributed by atoms with van der Waals surface area (Å²) in [6, 6.07) is 19.7. The van der Waals surface area contributed by atoms with E-state index in [4.69, 9.17) is 4.74 Å². The number of methoxy groups -OCH3 is 1. The Balaban J connectivity index is 1.61. The molecule has 2 N–H and O–H groups in total. The van der Waals surface area contributed by atoms with E-state index in [0.717, 1.165) is 4.90 Å². The lowest BCUT2D eigenvalue weighted by atomic mass is 10.2. The van der Waals surface area contributed by atoms with Gasteiger partial charge in [0, 0.05) is 34.0 Å². The van der Waals surface area contributed by atoms with E-state index in [9.17, 15) is 19.7 Å². The minimum Gasteiger partial charge on any atom is -0.497 e. The van der Waals surface area contributed by atoms with Crippen LogP contribution in [0.3, 0.4) is 0 Å². The van der Waals surface area contributed by atoms with Crippen LogP contribution in [0.25, 0.3) is 0 Å². The highest BCUT2D eigenvalue weighted by molar-refractivity contribution is 8.00. The Labute approximate surface area is 189 Å². The van der Waals surface area contributed by atoms with Crippen molar-refractivity contribution in [3.05, 3.63) is 88.5 Å². The van der Waals surface area contributed by atoms with Gasteiger partial charge in [-0.05, 0) is 55.5 Å². The maximum Gasteiger partial charge on any atom is 0.269 e. The first-order valence-electron chi connectivity index (χ1n) is 9.63. The number of amides is 2. The van der Waals surface area contributed by atoms with Crippen molar-refractivity contribution in [2.45, 2.75) is 17.1 Å². The second-order valence-electron chi connectivity index (χ2n) is 6.77. The topological polar surface area (TPSA) is 111 Å². The maximum atomic E-state index is 12.5. The number of benzene rings is 3. The largest absolute Gasteiger partial charge is 0.497 e. The van der Waals surface area contributed by atoms with Gasteiger partial charge >= 0.3 is 0 Å². The smallest absolute Gasteiger partial charge is 0.269 e. The van der Waals surface area contributed by atoms with Gasteiger partial charge in [-0.15, -0.1) is 11.8 Å². The van der Waals surface area contributed by atoms with Crippen LogP contribution in [0.1, 0.15) is 17.3 Å². The predicted molar refractivity (Wildman–Crippen MR) is 124 cm³/mol. The lowest BCUT2D eigenvalue weighted by Crippen LogP contribution is -2.22. The molecule has 9 heteroatoms. The Kier molecular flexibility index (Phi) is 7.45. The number of thioether (sulfide) groups is 1. The molecule has 0 spiro atoms. The lowest BCUT2D eigenvalue weighted by molar-refractivity contribution is -0.384. The molecule has 2 amide bonds. The van der Waals surface area contributed by atoms with E-state index in [-0.39, 0.29) is 17.5 Å². The maximum absolute atomic E-state index is 12.5. The minimum absolute atomic E-state index is 0.0433. The van der Waals surface area contributed by atoms with Crippen molar-refractivity contribution in [2.75, 3.05) is 17.7 Å². The van der Waals surface area contributed by atoms with Gasteiger partial charge in [-0.1, -0.05) is 12.1 Å². The fraction of sp³-hybridized carbons (Fsp3) is 0.130. The van der Waals surface area contributed by atoms with Gasteiger partial charge < -0.3 is 15.4 Å². The summed E-state index contributed by atoms with van der Waals surface area (Å²) in [5, 5.41) is 15.9. The Hall–Kier alpha value is -3.85. The summed E-state index contributed by atoms with van der Waals surface area (Å²) >= 11 is 1.33. The van der Waals surface area contributed by atoms with Crippen molar-refractivity contribution >= 4 is 40.6 Å². The van der Waals surface area contributed by atoms with Crippen LogP contribution < -0.4 is 15.4 Å². The summed E-state index contributed by atoms with van der Waals surface area (Å²) in [7, 11) is 1.54. The molecule has 0 bridgehead atoms. The monoisotopic (exact) mass is 451 g/mol. The molecule has 0 aliphatic rings. The molecule has 3 aromatic carbocycles. The Morgan fingerprint density at radius 3 is 2.38 bits per heavy atom. The van der Waals surface area contributed by atoms with Gasteiger partial charge in [-0.25, -0.2) is 0 Å². The minimum atomic E-state index is -0.496. The van der Waals surface area contributed by atoms with Crippen LogP contribution in [0.15, 0.2) is 77.7 Å². The van der Waals surface area contributed by atoms with Gasteiger partial charge in [0.05, 0.1) is 17.3 Å². The molecule has 0 heterocycles. The molecule has 0 radical (unpaired) electrons. The molecule has 0 fully saturated rings. The van der Waals surface area contributed by atoms with Gasteiger partial charge in [0.2, 0.25) is 5.91 Å². The second kappa shape index (κ2) is 10.5. The fourth-order valence-corrected chi connectivity index (χ4v) is 3.71. The molecule has 3 rings (SSSR count). The van der Waals surface area contributed by atoms with Gasteiger partial charge in [0.1, 0.15) is 5.75 Å². The van der Waals surface area contributed by atoms with Crippen LogP contribution in [-0.2, 0) is 4.79 Å². The molecule has 0 saturated heterocycles. The molecule has 32 heavy (non-hydrogen) atoms. The molecule has 8 nitrogen and oxygen atoms in total. The van der Waals surface area contributed by atoms with Gasteiger partial charge in [0.25, 0.3) is 11.6 Å². The van der Waals surface area contributed by atoms with E-state index in [2.05, 4.69) is 10.6 Å². The molecule has 1 atom stereocenters. The summed E-state index contributed by atoms with van der Waals surface area (Å²) in [5.41, 5.74) is 1.51. The van der Waals surface area contributed by atoms with Crippen molar-refractivity contribution in [3.8, 4) is 5.75 Å². The first kappa shape index (κ1) is 22.8. The number of nitro groups is 1. The zero-order valence-electron chi connectivity index (χ0n) is 17.4. The average molecular weight is 452 g/mol. The van der Waals surface area contributed by atoms with E-state index in [1.54, 1.807) is 49.4 Å². The molecular formula is C23H21N3O5S. The Morgan fingerprint density at radius 2 is 1.69 bits per heavy atom. The Morgan fingerprint density at radius 1 is 0.969 bits per heavy atom. The summed E-state index contributed by atoms with van der Waals surface area (Å²) in [6.45, 7) is 1.76. The molecule has 0 saturated carbocycles. The van der Waals surface area contributed by atoms with E-state index in [1.807, 2.05) is 6.07 Å². The highest BCUT2D eigenvalue weighted by Crippen LogP contribution is 2.27. The van der Waals surface area contributed by atoms with E-state index in [0.29, 0.717) is 22.7 Å². The van der Waals surface area contributed by atoms with Crippen molar-refractivity contribution in [3.63, 3.8) is 0 Å². The van der Waals surface area contributed by atoms with Crippen molar-refractivity contribution in [2.24, 2.45) is 0 Å². The lowest BCUT2D eigenvalue weighted by Gasteiger charge is -2.13. The first-order chi connectivity index (χ1) is 15.4. The number of rotatable bonds is 8. The second-order valence-corrected chi connectivity index (χ2v) is 8.18. The number of hydrogen-bond acceptors (Lipinski definition) is 6. The van der Waals surface area contributed by atoms with Crippen molar-refractivity contribution in [1.29, 1.82) is 0 Å². The number of nitrogens with one attached hydrogen (secondary N) is 2. The quantitative estimate of drug-likeness (QED) is 0.284. The third-order valence-electron chi connectivity index (χ3n) is 4.45. The normalized spacial score (nSPS) is 11.3. The van der Waals surface area contributed by atoms with Crippen LogP contribution in [0.2, 0.25) is 0 Å². The molecule has 1 unspecified atom stereocenters. The molecule has 0 aromatic heterocycles. The van der Waals surface area contributed by atoms with Crippen LogP contribution in [0.5, 0.6) is 5.75 Å². The third kappa shape index (κ3) is 6.08.